The van der Waals surface area contributed by atoms with Gasteiger partial charge in [-0.2, -0.15) is 0 Å². The lowest BCUT2D eigenvalue weighted by molar-refractivity contribution is -0.118. The number of amides is 1. The number of para-hydroxylation sites is 1. The average molecular weight is 503 g/mol. The van der Waals surface area contributed by atoms with Crippen LogP contribution in [0.15, 0.2) is 77.4 Å². The van der Waals surface area contributed by atoms with Crippen LogP contribution >= 0.6 is 0 Å². The molecule has 0 aliphatic rings. The third-order valence-corrected chi connectivity index (χ3v) is 5.91. The molecule has 0 radical (unpaired) electrons. The van der Waals surface area contributed by atoms with Crippen LogP contribution in [0.25, 0.3) is 10.9 Å². The fourth-order valence-corrected chi connectivity index (χ4v) is 4.03. The van der Waals surface area contributed by atoms with Crippen LogP contribution < -0.4 is 4.90 Å². The summed E-state index contributed by atoms with van der Waals surface area (Å²) in [5.41, 5.74) is 3.32. The van der Waals surface area contributed by atoms with Gasteiger partial charge in [0.15, 0.2) is 0 Å². The summed E-state index contributed by atoms with van der Waals surface area (Å²) in [6.07, 6.45) is 7.21. The number of carbonyl (C=O) groups excluding carboxylic acids is 2. The maximum absolute atomic E-state index is 13.2. The van der Waals surface area contributed by atoms with Gasteiger partial charge in [-0.3, -0.25) is 9.69 Å². The number of nitrogens with zero attached hydrogens (tertiary/aromatic N) is 4. The highest BCUT2D eigenvalue weighted by atomic mass is 16.5. The first-order valence-corrected chi connectivity index (χ1v) is 12.1. The molecule has 9 heteroatoms. The molecule has 0 atom stereocenters. The van der Waals surface area contributed by atoms with E-state index in [1.807, 2.05) is 61.7 Å². The van der Waals surface area contributed by atoms with Crippen molar-refractivity contribution in [1.29, 1.82) is 0 Å². The predicted octanol–water partition coefficient (Wildman–Crippen LogP) is 4.48. The standard InChI is InChI=1S/C28H30N4O5/c1-31-19-22(23-13-8-9-14-24(23)31)16-17-32(28-30-29-26(37-28)27(34)35-2)25(33)15-7-4-10-18-36-20-21-11-5-3-6-12-21/h3-6,8-14,19H,7,15-18,20H2,1-2H3/b10-4+. The Labute approximate surface area is 215 Å². The summed E-state index contributed by atoms with van der Waals surface area (Å²) in [6.45, 7) is 1.31. The van der Waals surface area contributed by atoms with Gasteiger partial charge in [0, 0.05) is 37.1 Å². The van der Waals surface area contributed by atoms with Crippen molar-refractivity contribution in [3.63, 3.8) is 0 Å². The fraction of sp³-hybridized carbons (Fsp3) is 0.286. The Morgan fingerprint density at radius 2 is 1.84 bits per heavy atom. The number of esters is 1. The van der Waals surface area contributed by atoms with E-state index in [1.165, 1.54) is 12.0 Å². The Morgan fingerprint density at radius 3 is 2.65 bits per heavy atom. The van der Waals surface area contributed by atoms with Gasteiger partial charge in [0.25, 0.3) is 0 Å². The number of aromatic nitrogens is 3. The molecule has 4 rings (SSSR count). The third-order valence-electron chi connectivity index (χ3n) is 5.91. The van der Waals surface area contributed by atoms with Crippen molar-refractivity contribution in [3.8, 4) is 0 Å². The van der Waals surface area contributed by atoms with Gasteiger partial charge in [0.2, 0.25) is 5.91 Å². The first-order valence-electron chi connectivity index (χ1n) is 12.1. The molecule has 0 spiro atoms. The molecule has 1 amide bonds. The van der Waals surface area contributed by atoms with Crippen molar-refractivity contribution in [3.05, 3.63) is 90.0 Å². The highest BCUT2D eigenvalue weighted by molar-refractivity contribution is 5.92. The summed E-state index contributed by atoms with van der Waals surface area (Å²) >= 11 is 0. The van der Waals surface area contributed by atoms with Crippen molar-refractivity contribution < 1.29 is 23.5 Å². The van der Waals surface area contributed by atoms with Crippen molar-refractivity contribution in [2.24, 2.45) is 7.05 Å². The fourth-order valence-electron chi connectivity index (χ4n) is 4.03. The summed E-state index contributed by atoms with van der Waals surface area (Å²) in [5, 5.41) is 8.78. The number of anilines is 1. The van der Waals surface area contributed by atoms with Gasteiger partial charge in [-0.25, -0.2) is 4.79 Å². The minimum Gasteiger partial charge on any atom is -0.462 e. The number of carbonyl (C=O) groups is 2. The average Bonchev–Trinajstić information content (AvgIpc) is 3.54. The van der Waals surface area contributed by atoms with Crippen molar-refractivity contribution in [1.82, 2.24) is 14.8 Å². The monoisotopic (exact) mass is 502 g/mol. The predicted molar refractivity (Wildman–Crippen MR) is 139 cm³/mol. The Kier molecular flexibility index (Phi) is 8.83. The molecule has 2 aromatic heterocycles. The van der Waals surface area contributed by atoms with Gasteiger partial charge >= 0.3 is 17.9 Å². The molecule has 0 aliphatic carbocycles. The van der Waals surface area contributed by atoms with E-state index in [0.717, 1.165) is 22.0 Å². The Hall–Kier alpha value is -4.24. The van der Waals surface area contributed by atoms with E-state index >= 15 is 0 Å². The number of aryl methyl sites for hydroxylation is 1. The molecule has 37 heavy (non-hydrogen) atoms. The SMILES string of the molecule is COC(=O)c1nnc(N(CCc2cn(C)c3ccccc23)C(=O)CC/C=C/COCc2ccccc2)o1. The maximum atomic E-state index is 13.2. The van der Waals surface area contributed by atoms with Crippen LogP contribution in [-0.4, -0.2) is 46.9 Å². The lowest BCUT2D eigenvalue weighted by Gasteiger charge is -2.17. The van der Waals surface area contributed by atoms with Crippen LogP contribution in [-0.2, 0) is 34.3 Å². The molecule has 192 valence electrons. The van der Waals surface area contributed by atoms with Crippen LogP contribution in [0, 0.1) is 0 Å². The first kappa shape index (κ1) is 25.8. The maximum Gasteiger partial charge on any atom is 0.396 e. The zero-order chi connectivity index (χ0) is 26.0. The summed E-state index contributed by atoms with van der Waals surface area (Å²) in [7, 11) is 3.22. The molecule has 0 bridgehead atoms. The molecular weight excluding hydrogens is 472 g/mol. The molecule has 0 fully saturated rings. The molecular formula is C28H30N4O5. The van der Waals surface area contributed by atoms with Crippen LogP contribution in [0.2, 0.25) is 0 Å². The Balaban J connectivity index is 1.37. The van der Waals surface area contributed by atoms with Gasteiger partial charge in [-0.1, -0.05) is 70.9 Å². The molecule has 0 unspecified atom stereocenters. The lowest BCUT2D eigenvalue weighted by Crippen LogP contribution is -2.33. The molecule has 0 N–H and O–H groups in total. The topological polar surface area (TPSA) is 99.7 Å². The van der Waals surface area contributed by atoms with Gasteiger partial charge in [0.05, 0.1) is 20.3 Å². The second kappa shape index (κ2) is 12.6. The van der Waals surface area contributed by atoms with E-state index in [9.17, 15) is 9.59 Å². The minimum atomic E-state index is -0.751. The normalized spacial score (nSPS) is 11.3. The third kappa shape index (κ3) is 6.71. The van der Waals surface area contributed by atoms with Crippen molar-refractivity contribution in [2.45, 2.75) is 25.9 Å². The molecule has 0 aliphatic heterocycles. The molecule has 2 heterocycles. The largest absolute Gasteiger partial charge is 0.462 e. The smallest absolute Gasteiger partial charge is 0.396 e. The minimum absolute atomic E-state index is 0.0270. The summed E-state index contributed by atoms with van der Waals surface area (Å²) in [6, 6.07) is 18.0. The number of methoxy groups -OCH3 is 1. The summed E-state index contributed by atoms with van der Waals surface area (Å²) in [5.74, 6) is -1.23. The highest BCUT2D eigenvalue weighted by Crippen LogP contribution is 2.22. The van der Waals surface area contributed by atoms with Gasteiger partial charge in [-0.05, 0) is 30.0 Å². The lowest BCUT2D eigenvalue weighted by atomic mass is 10.1. The quantitative estimate of drug-likeness (QED) is 0.160. The van der Waals surface area contributed by atoms with Crippen LogP contribution in [0.5, 0.6) is 0 Å². The van der Waals surface area contributed by atoms with Gasteiger partial charge < -0.3 is 18.5 Å². The number of benzene rings is 2. The molecule has 2 aromatic carbocycles. The molecule has 0 saturated carbocycles. The Bertz CT molecular complexity index is 1360. The molecule has 4 aromatic rings. The number of rotatable bonds is 12. The van der Waals surface area contributed by atoms with Gasteiger partial charge in [-0.15, -0.1) is 0 Å². The second-order valence-electron chi connectivity index (χ2n) is 8.47. The van der Waals surface area contributed by atoms with Crippen LogP contribution in [0.3, 0.4) is 0 Å². The van der Waals surface area contributed by atoms with Crippen molar-refractivity contribution in [2.75, 3.05) is 25.2 Å². The van der Waals surface area contributed by atoms with Crippen molar-refractivity contribution >= 4 is 28.8 Å². The van der Waals surface area contributed by atoms with E-state index in [1.54, 1.807) is 0 Å². The highest BCUT2D eigenvalue weighted by Gasteiger charge is 2.24. The van der Waals surface area contributed by atoms with Gasteiger partial charge in [0.1, 0.15) is 0 Å². The van der Waals surface area contributed by atoms with E-state index < -0.39 is 5.97 Å². The van der Waals surface area contributed by atoms with Crippen LogP contribution in [0.4, 0.5) is 6.01 Å². The summed E-state index contributed by atoms with van der Waals surface area (Å²) in [4.78, 5) is 26.4. The molecule has 9 nitrogen and oxygen atoms in total. The zero-order valence-electron chi connectivity index (χ0n) is 21.0. The van der Waals surface area contributed by atoms with E-state index in [-0.39, 0.29) is 24.2 Å². The molecule has 0 saturated heterocycles. The second-order valence-corrected chi connectivity index (χ2v) is 8.47. The van der Waals surface area contributed by atoms with E-state index in [2.05, 4.69) is 37.8 Å². The van der Waals surface area contributed by atoms with E-state index in [0.29, 0.717) is 32.6 Å². The Morgan fingerprint density at radius 1 is 1.05 bits per heavy atom. The number of fused-ring (bicyclic) bond motifs is 1. The number of ether oxygens (including phenoxy) is 2. The number of hydrogen-bond acceptors (Lipinski definition) is 7. The number of allylic oxidation sites excluding steroid dienone is 1. The zero-order valence-corrected chi connectivity index (χ0v) is 21.0. The first-order chi connectivity index (χ1) is 18.1. The summed E-state index contributed by atoms with van der Waals surface area (Å²) < 4.78 is 17.8. The van der Waals surface area contributed by atoms with Crippen LogP contribution in [0.1, 0.15) is 34.7 Å². The van der Waals surface area contributed by atoms with E-state index in [4.69, 9.17) is 9.15 Å². The number of hydrogen-bond donors (Lipinski definition) is 0.